The fraction of sp³-hybridized carbons (Fsp3) is 0.222. The second kappa shape index (κ2) is 7.10. The Balaban J connectivity index is 2.04. The molecule has 2 rings (SSSR count). The van der Waals surface area contributed by atoms with Crippen LogP contribution in [0.5, 0.6) is 0 Å². The monoisotopic (exact) mass is 360 g/mol. The largest absolute Gasteiger partial charge is 0.294 e. The first kappa shape index (κ1) is 16.1. The molecule has 0 aliphatic heterocycles. The van der Waals surface area contributed by atoms with E-state index in [1.165, 1.54) is 16.7 Å². The Hall–Kier alpha value is -1.32. The lowest BCUT2D eigenvalue weighted by Crippen LogP contribution is -2.09. The molecule has 21 heavy (non-hydrogen) atoms. The standard InChI is InChI=1S/C18H17BrOS/c1-12-8-14(9-13(2)18(12)19)10-16(21)11-17(20)15-6-4-3-5-7-15/h3-9H,10-11H2,1-2H3. The minimum Gasteiger partial charge on any atom is -0.294 e. The Morgan fingerprint density at radius 1 is 1.10 bits per heavy atom. The van der Waals surface area contributed by atoms with E-state index in [-0.39, 0.29) is 5.78 Å². The topological polar surface area (TPSA) is 17.1 Å². The van der Waals surface area contributed by atoms with E-state index in [2.05, 4.69) is 41.9 Å². The molecule has 0 amide bonds. The Kier molecular flexibility index (Phi) is 5.43. The molecule has 0 atom stereocenters. The number of aryl methyl sites for hydroxylation is 2. The van der Waals surface area contributed by atoms with Crippen LogP contribution in [0.25, 0.3) is 0 Å². The van der Waals surface area contributed by atoms with Gasteiger partial charge in [0.2, 0.25) is 0 Å². The van der Waals surface area contributed by atoms with E-state index >= 15 is 0 Å². The third-order valence-corrected chi connectivity index (χ3v) is 4.89. The van der Waals surface area contributed by atoms with Gasteiger partial charge in [-0.1, -0.05) is 70.6 Å². The van der Waals surface area contributed by atoms with E-state index in [1.54, 1.807) is 0 Å². The van der Waals surface area contributed by atoms with Crippen molar-refractivity contribution in [3.8, 4) is 0 Å². The van der Waals surface area contributed by atoms with Gasteiger partial charge < -0.3 is 0 Å². The fourth-order valence-electron chi connectivity index (χ4n) is 2.33. The van der Waals surface area contributed by atoms with Crippen molar-refractivity contribution >= 4 is 38.8 Å². The van der Waals surface area contributed by atoms with Crippen molar-refractivity contribution < 1.29 is 4.79 Å². The van der Waals surface area contributed by atoms with Gasteiger partial charge in [0.1, 0.15) is 0 Å². The first-order valence-corrected chi connectivity index (χ1v) is 8.03. The van der Waals surface area contributed by atoms with Crippen molar-refractivity contribution in [1.82, 2.24) is 0 Å². The fourth-order valence-corrected chi connectivity index (χ4v) is 2.86. The molecule has 0 saturated heterocycles. The molecule has 0 aliphatic carbocycles. The Bertz CT molecular complexity index is 654. The molecule has 0 radical (unpaired) electrons. The van der Waals surface area contributed by atoms with Gasteiger partial charge in [0.05, 0.1) is 0 Å². The van der Waals surface area contributed by atoms with Crippen LogP contribution in [-0.2, 0) is 6.42 Å². The zero-order chi connectivity index (χ0) is 15.4. The minimum atomic E-state index is 0.0890. The molecule has 0 aliphatic rings. The quantitative estimate of drug-likeness (QED) is 0.534. The number of carbonyl (C=O) groups is 1. The summed E-state index contributed by atoms with van der Waals surface area (Å²) in [5.41, 5.74) is 4.28. The molecule has 0 N–H and O–H groups in total. The summed E-state index contributed by atoms with van der Waals surface area (Å²) >= 11 is 8.96. The first-order valence-electron chi connectivity index (χ1n) is 6.83. The summed E-state index contributed by atoms with van der Waals surface area (Å²) in [6, 6.07) is 13.6. The first-order chi connectivity index (χ1) is 9.97. The highest BCUT2D eigenvalue weighted by molar-refractivity contribution is 9.10. The second-order valence-corrected chi connectivity index (χ2v) is 6.60. The van der Waals surface area contributed by atoms with Crippen LogP contribution in [0.2, 0.25) is 0 Å². The molecule has 1 nitrogen and oxygen atoms in total. The van der Waals surface area contributed by atoms with Gasteiger partial charge in [0.25, 0.3) is 0 Å². The van der Waals surface area contributed by atoms with Gasteiger partial charge in [0.15, 0.2) is 5.78 Å². The Morgan fingerprint density at radius 3 is 2.24 bits per heavy atom. The van der Waals surface area contributed by atoms with Crippen molar-refractivity contribution in [2.45, 2.75) is 26.7 Å². The van der Waals surface area contributed by atoms with Gasteiger partial charge in [-0.15, -0.1) is 0 Å². The predicted molar refractivity (Wildman–Crippen MR) is 95.3 cm³/mol. The van der Waals surface area contributed by atoms with Crippen LogP contribution in [0.3, 0.4) is 0 Å². The van der Waals surface area contributed by atoms with Crippen LogP contribution < -0.4 is 0 Å². The van der Waals surface area contributed by atoms with Gasteiger partial charge in [-0.05, 0) is 30.5 Å². The zero-order valence-corrected chi connectivity index (χ0v) is 14.6. The zero-order valence-electron chi connectivity index (χ0n) is 12.2. The molecule has 0 fully saturated rings. The van der Waals surface area contributed by atoms with E-state index in [4.69, 9.17) is 12.2 Å². The number of ketones is 1. The molecule has 0 aromatic heterocycles. The highest BCUT2D eigenvalue weighted by Gasteiger charge is 2.10. The molecule has 2 aromatic rings. The highest BCUT2D eigenvalue weighted by atomic mass is 79.9. The summed E-state index contributed by atoms with van der Waals surface area (Å²) in [7, 11) is 0. The maximum atomic E-state index is 12.1. The van der Waals surface area contributed by atoms with E-state index in [9.17, 15) is 4.79 Å². The van der Waals surface area contributed by atoms with Crippen molar-refractivity contribution in [3.05, 3.63) is 69.2 Å². The molecular formula is C18H17BrOS. The number of hydrogen-bond acceptors (Lipinski definition) is 2. The van der Waals surface area contributed by atoms with Gasteiger partial charge in [-0.3, -0.25) is 4.79 Å². The molecule has 0 unspecified atom stereocenters. The SMILES string of the molecule is Cc1cc(CC(=S)CC(=O)c2ccccc2)cc(C)c1Br. The lowest BCUT2D eigenvalue weighted by molar-refractivity contribution is 0.100. The van der Waals surface area contributed by atoms with Gasteiger partial charge in [-0.25, -0.2) is 0 Å². The van der Waals surface area contributed by atoms with Crippen LogP contribution >= 0.6 is 28.1 Å². The third kappa shape index (κ3) is 4.32. The maximum absolute atomic E-state index is 12.1. The van der Waals surface area contributed by atoms with E-state index in [1.807, 2.05) is 30.3 Å². The van der Waals surface area contributed by atoms with Crippen molar-refractivity contribution in [3.63, 3.8) is 0 Å². The van der Waals surface area contributed by atoms with Crippen LogP contribution in [0, 0.1) is 13.8 Å². The van der Waals surface area contributed by atoms with Crippen molar-refractivity contribution in [2.24, 2.45) is 0 Å². The second-order valence-electron chi connectivity index (χ2n) is 5.23. The van der Waals surface area contributed by atoms with Crippen LogP contribution in [0.4, 0.5) is 0 Å². The summed E-state index contributed by atoms with van der Waals surface area (Å²) in [6.07, 6.45) is 0.996. The lowest BCUT2D eigenvalue weighted by atomic mass is 10.00. The van der Waals surface area contributed by atoms with E-state index in [0.717, 1.165) is 14.9 Å². The minimum absolute atomic E-state index is 0.0890. The molecule has 2 aromatic carbocycles. The number of carbonyl (C=O) groups excluding carboxylic acids is 1. The summed E-state index contributed by atoms with van der Waals surface area (Å²) in [5, 5.41) is 0. The molecule has 0 spiro atoms. The summed E-state index contributed by atoms with van der Waals surface area (Å²) < 4.78 is 1.14. The van der Waals surface area contributed by atoms with Gasteiger partial charge >= 0.3 is 0 Å². The van der Waals surface area contributed by atoms with Gasteiger partial charge in [0, 0.05) is 27.7 Å². The molecule has 0 heterocycles. The predicted octanol–water partition coefficient (Wildman–Crippen LogP) is 5.25. The third-order valence-electron chi connectivity index (χ3n) is 3.35. The molecule has 108 valence electrons. The summed E-state index contributed by atoms with van der Waals surface area (Å²) in [5.74, 6) is 0.0890. The molecule has 3 heteroatoms. The van der Waals surface area contributed by atoms with E-state index < -0.39 is 0 Å². The number of halogens is 1. The number of Topliss-reactive ketones (excluding diaryl/α,β-unsaturated/α-hetero) is 1. The Morgan fingerprint density at radius 2 is 1.67 bits per heavy atom. The van der Waals surface area contributed by atoms with Crippen LogP contribution in [-0.4, -0.2) is 10.6 Å². The average molecular weight is 361 g/mol. The van der Waals surface area contributed by atoms with E-state index in [0.29, 0.717) is 12.8 Å². The van der Waals surface area contributed by atoms with Crippen molar-refractivity contribution in [2.75, 3.05) is 0 Å². The smallest absolute Gasteiger partial charge is 0.167 e. The molecular weight excluding hydrogens is 344 g/mol. The summed E-state index contributed by atoms with van der Waals surface area (Å²) in [4.78, 5) is 12.9. The Labute approximate surface area is 139 Å². The molecule has 0 bridgehead atoms. The average Bonchev–Trinajstić information content (AvgIpc) is 2.45. The highest BCUT2D eigenvalue weighted by Crippen LogP contribution is 2.23. The maximum Gasteiger partial charge on any atom is 0.167 e. The number of benzene rings is 2. The number of hydrogen-bond donors (Lipinski definition) is 0. The number of rotatable bonds is 5. The van der Waals surface area contributed by atoms with Crippen LogP contribution in [0.15, 0.2) is 46.9 Å². The normalized spacial score (nSPS) is 10.4. The van der Waals surface area contributed by atoms with Crippen LogP contribution in [0.1, 0.15) is 33.5 Å². The lowest BCUT2D eigenvalue weighted by Gasteiger charge is -2.09. The van der Waals surface area contributed by atoms with Gasteiger partial charge in [-0.2, -0.15) is 0 Å². The number of thiocarbonyl (C=S) groups is 1. The van der Waals surface area contributed by atoms with Crippen molar-refractivity contribution in [1.29, 1.82) is 0 Å². The summed E-state index contributed by atoms with van der Waals surface area (Å²) in [6.45, 7) is 4.14. The molecule has 0 saturated carbocycles.